The molecule has 150 valence electrons. The maximum absolute atomic E-state index is 13.7. The van der Waals surface area contributed by atoms with Crippen molar-refractivity contribution >= 4 is 23.3 Å². The molecule has 1 amide bonds. The fourth-order valence-corrected chi connectivity index (χ4v) is 3.97. The minimum atomic E-state index is -4.58. The van der Waals surface area contributed by atoms with Crippen LogP contribution < -0.4 is 5.32 Å². The molecule has 1 fully saturated rings. The van der Waals surface area contributed by atoms with Crippen LogP contribution in [0.2, 0.25) is 5.02 Å². The van der Waals surface area contributed by atoms with Crippen molar-refractivity contribution in [3.63, 3.8) is 0 Å². The lowest BCUT2D eigenvalue weighted by atomic mass is 9.97. The van der Waals surface area contributed by atoms with Crippen molar-refractivity contribution in [3.8, 4) is 0 Å². The highest BCUT2D eigenvalue weighted by molar-refractivity contribution is 6.36. The molecule has 10 heteroatoms. The third-order valence-corrected chi connectivity index (χ3v) is 5.52. The number of fused-ring (bicyclic) bond motifs is 1. The topological polar surface area (TPSA) is 50.2 Å². The summed E-state index contributed by atoms with van der Waals surface area (Å²) in [5.41, 5.74) is 0.312. The Morgan fingerprint density at radius 2 is 1.82 bits per heavy atom. The molecule has 1 N–H and O–H groups in total. The summed E-state index contributed by atoms with van der Waals surface area (Å²) in [7, 11) is 0. The number of carbonyl (C=O) groups excluding carboxylic acids is 1. The molecule has 0 bridgehead atoms. The molecule has 5 nitrogen and oxygen atoms in total. The Kier molecular flexibility index (Phi) is 4.73. The zero-order valence-corrected chi connectivity index (χ0v) is 15.4. The van der Waals surface area contributed by atoms with Crippen LogP contribution in [-0.2, 0) is 0 Å². The first kappa shape index (κ1) is 19.0. The van der Waals surface area contributed by atoms with E-state index in [9.17, 15) is 22.4 Å². The molecule has 2 aliphatic rings. The lowest BCUT2D eigenvalue weighted by molar-refractivity contribution is -0.173. The first-order chi connectivity index (χ1) is 13.3. The highest BCUT2D eigenvalue weighted by Crippen LogP contribution is 2.46. The van der Waals surface area contributed by atoms with E-state index in [2.05, 4.69) is 10.4 Å². The zero-order chi connectivity index (χ0) is 20.1. The van der Waals surface area contributed by atoms with Gasteiger partial charge in [-0.1, -0.05) is 23.7 Å². The van der Waals surface area contributed by atoms with E-state index in [-0.39, 0.29) is 23.0 Å². The number of halogens is 5. The van der Waals surface area contributed by atoms with Gasteiger partial charge in [-0.25, -0.2) is 9.07 Å². The molecule has 1 aromatic heterocycles. The van der Waals surface area contributed by atoms with Gasteiger partial charge in [0.2, 0.25) is 0 Å². The number of hydrogen-bond donors (Lipinski definition) is 1. The highest BCUT2D eigenvalue weighted by Gasteiger charge is 2.48. The summed E-state index contributed by atoms with van der Waals surface area (Å²) < 4.78 is 55.1. The maximum Gasteiger partial charge on any atom is 0.410 e. The SMILES string of the molecule is O=C(c1nn2c(c1Cl)NC(c1ccc(F)cc1)CC2C(F)(F)F)N1CCCC1. The molecule has 2 atom stereocenters. The Hall–Kier alpha value is -2.29. The Balaban J connectivity index is 1.73. The van der Waals surface area contributed by atoms with E-state index in [1.54, 1.807) is 4.90 Å². The second-order valence-electron chi connectivity index (χ2n) is 7.00. The molecule has 3 heterocycles. The van der Waals surface area contributed by atoms with Crippen LogP contribution in [-0.4, -0.2) is 39.9 Å². The Morgan fingerprint density at radius 1 is 1.18 bits per heavy atom. The number of carbonyl (C=O) groups is 1. The number of aromatic nitrogens is 2. The molecule has 0 spiro atoms. The summed E-state index contributed by atoms with van der Waals surface area (Å²) in [4.78, 5) is 14.2. The minimum absolute atomic E-state index is 0.0490. The Labute approximate surface area is 163 Å². The van der Waals surface area contributed by atoms with Crippen molar-refractivity contribution in [1.29, 1.82) is 0 Å². The normalized spacial score (nSPS) is 22.1. The van der Waals surface area contributed by atoms with Crippen LogP contribution >= 0.6 is 11.6 Å². The first-order valence-electron chi connectivity index (χ1n) is 8.91. The van der Waals surface area contributed by atoms with Crippen LogP contribution in [0.25, 0.3) is 0 Å². The average molecular weight is 417 g/mol. The molecule has 2 aliphatic heterocycles. The maximum atomic E-state index is 13.7. The van der Waals surface area contributed by atoms with E-state index in [0.717, 1.165) is 17.5 Å². The third kappa shape index (κ3) is 3.32. The molecular formula is C18H17ClF4N4O. The summed E-state index contributed by atoms with van der Waals surface area (Å²) in [5.74, 6) is -0.994. The summed E-state index contributed by atoms with van der Waals surface area (Å²) in [5, 5.41) is 6.75. The quantitative estimate of drug-likeness (QED) is 0.729. The number of anilines is 1. The van der Waals surface area contributed by atoms with Crippen molar-refractivity contribution < 1.29 is 22.4 Å². The number of hydrogen-bond acceptors (Lipinski definition) is 3. The summed E-state index contributed by atoms with van der Waals surface area (Å²) in [6.45, 7) is 1.07. The Bertz CT molecular complexity index is 890. The Morgan fingerprint density at radius 3 is 2.43 bits per heavy atom. The molecule has 4 rings (SSSR count). The van der Waals surface area contributed by atoms with Gasteiger partial charge in [0.1, 0.15) is 16.7 Å². The third-order valence-electron chi connectivity index (χ3n) is 5.16. The second-order valence-corrected chi connectivity index (χ2v) is 7.37. The van der Waals surface area contributed by atoms with E-state index in [0.29, 0.717) is 18.7 Å². The van der Waals surface area contributed by atoms with Crippen LogP contribution in [0.4, 0.5) is 23.4 Å². The van der Waals surface area contributed by atoms with Crippen molar-refractivity contribution in [2.45, 2.75) is 37.5 Å². The molecule has 2 aromatic rings. The molecule has 1 saturated heterocycles. The second kappa shape index (κ2) is 6.95. The minimum Gasteiger partial charge on any atom is -0.362 e. The van der Waals surface area contributed by atoms with E-state index >= 15 is 0 Å². The number of likely N-dealkylation sites (tertiary alicyclic amines) is 1. The summed E-state index contributed by atoms with van der Waals surface area (Å²) in [6, 6.07) is 2.54. The van der Waals surface area contributed by atoms with Gasteiger partial charge in [-0.3, -0.25) is 4.79 Å². The molecule has 0 radical (unpaired) electrons. The molecule has 0 saturated carbocycles. The van der Waals surface area contributed by atoms with E-state index in [1.807, 2.05) is 0 Å². The molecule has 2 unspecified atom stereocenters. The van der Waals surface area contributed by atoms with E-state index < -0.39 is 30.0 Å². The molecule has 0 aliphatic carbocycles. The highest BCUT2D eigenvalue weighted by atomic mass is 35.5. The van der Waals surface area contributed by atoms with Gasteiger partial charge in [0.25, 0.3) is 5.91 Å². The van der Waals surface area contributed by atoms with Gasteiger partial charge in [-0.05, 0) is 30.5 Å². The monoisotopic (exact) mass is 416 g/mol. The summed E-state index contributed by atoms with van der Waals surface area (Å²) in [6.07, 6.45) is -3.25. The van der Waals surface area contributed by atoms with Gasteiger partial charge in [0.05, 0.1) is 6.04 Å². The standard InChI is InChI=1S/C18H17ClF4N4O/c19-14-15(17(28)26-7-1-2-8-26)25-27-13(18(21,22)23)9-12(24-16(14)27)10-3-5-11(20)6-4-10/h3-6,12-13,24H,1-2,7-9H2. The number of nitrogens with one attached hydrogen (secondary N) is 1. The number of benzene rings is 1. The number of amides is 1. The van der Waals surface area contributed by atoms with Gasteiger partial charge in [0, 0.05) is 19.5 Å². The molecule has 28 heavy (non-hydrogen) atoms. The van der Waals surface area contributed by atoms with Gasteiger partial charge < -0.3 is 10.2 Å². The average Bonchev–Trinajstić information content (AvgIpc) is 3.29. The van der Waals surface area contributed by atoms with Gasteiger partial charge in [0.15, 0.2) is 11.7 Å². The van der Waals surface area contributed by atoms with E-state index in [1.165, 1.54) is 24.3 Å². The van der Waals surface area contributed by atoms with Crippen molar-refractivity contribution in [2.75, 3.05) is 18.4 Å². The van der Waals surface area contributed by atoms with Gasteiger partial charge >= 0.3 is 6.18 Å². The lowest BCUT2D eigenvalue weighted by Crippen LogP contribution is -2.36. The van der Waals surface area contributed by atoms with Gasteiger partial charge in [-0.2, -0.15) is 18.3 Å². The van der Waals surface area contributed by atoms with Crippen molar-refractivity contribution in [1.82, 2.24) is 14.7 Å². The number of rotatable bonds is 2. The molecule has 1 aromatic carbocycles. The molecular weight excluding hydrogens is 400 g/mol. The summed E-state index contributed by atoms with van der Waals surface area (Å²) >= 11 is 6.29. The van der Waals surface area contributed by atoms with Gasteiger partial charge in [-0.15, -0.1) is 0 Å². The van der Waals surface area contributed by atoms with Crippen LogP contribution in [0.15, 0.2) is 24.3 Å². The number of alkyl halides is 3. The van der Waals surface area contributed by atoms with Crippen LogP contribution in [0.3, 0.4) is 0 Å². The predicted octanol–water partition coefficient (Wildman–Crippen LogP) is 4.57. The van der Waals surface area contributed by atoms with E-state index in [4.69, 9.17) is 11.6 Å². The fourth-order valence-electron chi connectivity index (χ4n) is 3.71. The van der Waals surface area contributed by atoms with Crippen LogP contribution in [0, 0.1) is 5.82 Å². The van der Waals surface area contributed by atoms with Crippen LogP contribution in [0.5, 0.6) is 0 Å². The first-order valence-corrected chi connectivity index (χ1v) is 9.29. The van der Waals surface area contributed by atoms with Crippen LogP contribution in [0.1, 0.15) is 47.4 Å². The smallest absolute Gasteiger partial charge is 0.362 e. The number of nitrogens with zero attached hydrogens (tertiary/aromatic N) is 3. The fraction of sp³-hybridized carbons (Fsp3) is 0.444. The zero-order valence-electron chi connectivity index (χ0n) is 14.6. The largest absolute Gasteiger partial charge is 0.410 e. The van der Waals surface area contributed by atoms with Crippen molar-refractivity contribution in [3.05, 3.63) is 46.4 Å². The van der Waals surface area contributed by atoms with Crippen molar-refractivity contribution in [2.24, 2.45) is 0 Å². The predicted molar refractivity (Wildman–Crippen MR) is 94.8 cm³/mol. The lowest BCUT2D eigenvalue weighted by Gasteiger charge is -2.33.